The maximum absolute atomic E-state index is 9.98. The Bertz CT molecular complexity index is 232. The van der Waals surface area contributed by atoms with E-state index in [1.807, 2.05) is 0 Å². The normalized spacial score (nSPS) is 39.5. The van der Waals surface area contributed by atoms with Crippen molar-refractivity contribution in [2.45, 2.75) is 76.7 Å². The number of aliphatic hydroxyl groups excluding tert-OH is 1. The first-order valence-electron chi connectivity index (χ1n) is 7.22. The maximum Gasteiger partial charge on any atom is 0.0693 e. The third-order valence-corrected chi connectivity index (χ3v) is 4.24. The van der Waals surface area contributed by atoms with Crippen LogP contribution in [-0.2, 0) is 4.74 Å². The number of ether oxygens (including phenoxy) is 1. The van der Waals surface area contributed by atoms with Crippen LogP contribution < -0.4 is 5.32 Å². The number of aliphatic hydroxyl groups is 1. The van der Waals surface area contributed by atoms with Crippen LogP contribution >= 0.6 is 0 Å². The molecule has 2 aliphatic rings. The smallest absolute Gasteiger partial charge is 0.0693 e. The minimum Gasteiger partial charge on any atom is -0.392 e. The molecule has 1 aliphatic carbocycles. The quantitative estimate of drug-likeness (QED) is 0.795. The van der Waals surface area contributed by atoms with Crippen molar-refractivity contribution in [1.29, 1.82) is 0 Å². The van der Waals surface area contributed by atoms with Crippen molar-refractivity contribution in [3.8, 4) is 0 Å². The summed E-state index contributed by atoms with van der Waals surface area (Å²) in [5.41, 5.74) is 0. The molecule has 0 spiro atoms. The van der Waals surface area contributed by atoms with Crippen LogP contribution in [0.25, 0.3) is 0 Å². The average Bonchev–Trinajstić information content (AvgIpc) is 2.32. The third kappa shape index (κ3) is 3.67. The van der Waals surface area contributed by atoms with E-state index < -0.39 is 0 Å². The summed E-state index contributed by atoms with van der Waals surface area (Å²) in [4.78, 5) is 0. The summed E-state index contributed by atoms with van der Waals surface area (Å²) in [7, 11) is 0. The van der Waals surface area contributed by atoms with E-state index in [0.29, 0.717) is 24.1 Å². The van der Waals surface area contributed by atoms with Gasteiger partial charge in [0.05, 0.1) is 12.2 Å². The molecule has 2 rings (SSSR count). The molecule has 2 fully saturated rings. The highest BCUT2D eigenvalue weighted by Gasteiger charge is 2.29. The van der Waals surface area contributed by atoms with Gasteiger partial charge in [0.25, 0.3) is 0 Å². The molecule has 0 radical (unpaired) electrons. The second-order valence-electron chi connectivity index (χ2n) is 6.00. The summed E-state index contributed by atoms with van der Waals surface area (Å²) in [6, 6.07) is 0.855. The Morgan fingerprint density at radius 1 is 1.18 bits per heavy atom. The molecular weight excluding hydrogens is 214 g/mol. The van der Waals surface area contributed by atoms with Gasteiger partial charge in [-0.15, -0.1) is 0 Å². The van der Waals surface area contributed by atoms with Gasteiger partial charge in [0.1, 0.15) is 0 Å². The van der Waals surface area contributed by atoms with Crippen molar-refractivity contribution in [2.75, 3.05) is 6.61 Å². The van der Waals surface area contributed by atoms with Crippen molar-refractivity contribution >= 4 is 0 Å². The molecule has 0 aromatic heterocycles. The first-order chi connectivity index (χ1) is 8.16. The van der Waals surface area contributed by atoms with Gasteiger partial charge < -0.3 is 15.2 Å². The van der Waals surface area contributed by atoms with Gasteiger partial charge in [-0.05, 0) is 31.6 Å². The molecular formula is C14H27NO2. The van der Waals surface area contributed by atoms with Gasteiger partial charge >= 0.3 is 0 Å². The van der Waals surface area contributed by atoms with Crippen LogP contribution in [0.4, 0.5) is 0 Å². The Balaban J connectivity index is 1.81. The zero-order chi connectivity index (χ0) is 12.3. The van der Waals surface area contributed by atoms with E-state index in [1.54, 1.807) is 0 Å². The second-order valence-corrected chi connectivity index (χ2v) is 6.00. The molecule has 0 amide bonds. The zero-order valence-electron chi connectivity index (χ0n) is 11.2. The number of nitrogens with one attached hydrogen (secondary N) is 1. The van der Waals surface area contributed by atoms with Crippen molar-refractivity contribution in [1.82, 2.24) is 5.32 Å². The van der Waals surface area contributed by atoms with Crippen LogP contribution in [0.1, 0.15) is 52.4 Å². The van der Waals surface area contributed by atoms with E-state index in [0.717, 1.165) is 32.3 Å². The molecule has 2 N–H and O–H groups in total. The van der Waals surface area contributed by atoms with Crippen molar-refractivity contribution in [2.24, 2.45) is 5.92 Å². The SMILES string of the molecule is CC(C)C1CC(NC2CCCCC2O)CCO1. The molecule has 100 valence electrons. The molecule has 1 saturated carbocycles. The molecule has 17 heavy (non-hydrogen) atoms. The monoisotopic (exact) mass is 241 g/mol. The molecule has 4 atom stereocenters. The van der Waals surface area contributed by atoms with Gasteiger partial charge in [0, 0.05) is 18.7 Å². The molecule has 3 nitrogen and oxygen atoms in total. The Hall–Kier alpha value is -0.120. The number of rotatable bonds is 3. The highest BCUT2D eigenvalue weighted by molar-refractivity contribution is 4.86. The first kappa shape index (κ1) is 13.3. The minimum absolute atomic E-state index is 0.135. The molecule has 0 aromatic rings. The molecule has 4 unspecified atom stereocenters. The lowest BCUT2D eigenvalue weighted by atomic mass is 9.89. The summed E-state index contributed by atoms with van der Waals surface area (Å²) in [5, 5.41) is 13.6. The average molecular weight is 241 g/mol. The summed E-state index contributed by atoms with van der Waals surface area (Å²) < 4.78 is 5.78. The summed E-state index contributed by atoms with van der Waals surface area (Å²) in [6.45, 7) is 5.31. The fourth-order valence-corrected chi connectivity index (χ4v) is 3.05. The fraction of sp³-hybridized carbons (Fsp3) is 1.00. The predicted molar refractivity (Wildman–Crippen MR) is 69.0 cm³/mol. The largest absolute Gasteiger partial charge is 0.392 e. The van der Waals surface area contributed by atoms with Gasteiger partial charge in [-0.3, -0.25) is 0 Å². The van der Waals surface area contributed by atoms with Crippen LogP contribution in [0.2, 0.25) is 0 Å². The third-order valence-electron chi connectivity index (χ3n) is 4.24. The minimum atomic E-state index is -0.135. The summed E-state index contributed by atoms with van der Waals surface area (Å²) in [6.07, 6.45) is 6.98. The van der Waals surface area contributed by atoms with Crippen LogP contribution in [0.3, 0.4) is 0 Å². The molecule has 0 bridgehead atoms. The van der Waals surface area contributed by atoms with Crippen LogP contribution in [0.15, 0.2) is 0 Å². The fourth-order valence-electron chi connectivity index (χ4n) is 3.05. The van der Waals surface area contributed by atoms with Gasteiger partial charge in [-0.2, -0.15) is 0 Å². The first-order valence-corrected chi connectivity index (χ1v) is 7.22. The van der Waals surface area contributed by atoms with Gasteiger partial charge in [-0.1, -0.05) is 26.7 Å². The van der Waals surface area contributed by atoms with Crippen molar-refractivity contribution < 1.29 is 9.84 Å². The lowest BCUT2D eigenvalue weighted by Gasteiger charge is -2.37. The van der Waals surface area contributed by atoms with Gasteiger partial charge in [0.15, 0.2) is 0 Å². The van der Waals surface area contributed by atoms with E-state index in [1.165, 1.54) is 12.8 Å². The van der Waals surface area contributed by atoms with Crippen LogP contribution in [-0.4, -0.2) is 36.0 Å². The molecule has 3 heteroatoms. The van der Waals surface area contributed by atoms with Gasteiger partial charge in [-0.25, -0.2) is 0 Å². The van der Waals surface area contributed by atoms with Gasteiger partial charge in [0.2, 0.25) is 0 Å². The zero-order valence-corrected chi connectivity index (χ0v) is 11.2. The lowest BCUT2D eigenvalue weighted by Crippen LogP contribution is -2.50. The lowest BCUT2D eigenvalue weighted by molar-refractivity contribution is -0.0308. The Labute approximate surface area is 105 Å². The van der Waals surface area contributed by atoms with Crippen molar-refractivity contribution in [3.63, 3.8) is 0 Å². The molecule has 1 saturated heterocycles. The van der Waals surface area contributed by atoms with Crippen molar-refractivity contribution in [3.05, 3.63) is 0 Å². The topological polar surface area (TPSA) is 41.5 Å². The standard InChI is InChI=1S/C14H27NO2/c1-10(2)14-9-11(7-8-17-14)15-12-5-3-4-6-13(12)16/h10-16H,3-9H2,1-2H3. The van der Waals surface area contributed by atoms with E-state index in [-0.39, 0.29) is 6.10 Å². The summed E-state index contributed by atoms with van der Waals surface area (Å²) in [5.74, 6) is 0.593. The summed E-state index contributed by atoms with van der Waals surface area (Å²) >= 11 is 0. The molecule has 1 aliphatic heterocycles. The highest BCUT2D eigenvalue weighted by Crippen LogP contribution is 2.24. The second kappa shape index (κ2) is 6.17. The predicted octanol–water partition coefficient (Wildman–Crippen LogP) is 2.08. The highest BCUT2D eigenvalue weighted by atomic mass is 16.5. The molecule has 1 heterocycles. The number of hydrogen-bond donors (Lipinski definition) is 2. The molecule has 0 aromatic carbocycles. The Morgan fingerprint density at radius 2 is 1.94 bits per heavy atom. The maximum atomic E-state index is 9.98. The Kier molecular flexibility index (Phi) is 4.83. The van der Waals surface area contributed by atoms with E-state index >= 15 is 0 Å². The number of hydrogen-bond acceptors (Lipinski definition) is 3. The van der Waals surface area contributed by atoms with E-state index in [4.69, 9.17) is 4.74 Å². The Morgan fingerprint density at radius 3 is 2.65 bits per heavy atom. The van der Waals surface area contributed by atoms with E-state index in [2.05, 4.69) is 19.2 Å². The van der Waals surface area contributed by atoms with Crippen LogP contribution in [0.5, 0.6) is 0 Å². The van der Waals surface area contributed by atoms with Crippen LogP contribution in [0, 0.1) is 5.92 Å². The van der Waals surface area contributed by atoms with E-state index in [9.17, 15) is 5.11 Å².